The molecule has 2 aliphatic rings. The highest BCUT2D eigenvalue weighted by Gasteiger charge is 2.60. The summed E-state index contributed by atoms with van der Waals surface area (Å²) in [4.78, 5) is 38.3. The Morgan fingerprint density at radius 3 is 2.36 bits per heavy atom. The summed E-state index contributed by atoms with van der Waals surface area (Å²) in [5.74, 6) is 3.99. The van der Waals surface area contributed by atoms with E-state index in [0.29, 0.717) is 11.1 Å². The van der Waals surface area contributed by atoms with Crippen molar-refractivity contribution in [2.45, 2.75) is 71.5 Å². The van der Waals surface area contributed by atoms with Crippen LogP contribution in [0.5, 0.6) is 0 Å². The van der Waals surface area contributed by atoms with E-state index in [2.05, 4.69) is 32.6 Å². The standard InChI is InChI=1S/C26H34N2O7Si/c1-6-36(7-2,8-3)35-18(5)22-23-17(4)21(10-9-15-29)24(27(23)25(22)30)26(31)34-16-19-11-13-20(14-12-19)28(32)33/h11-14,17-18,22-23,29H,6-8,15-16H2,1-5H3/t17-,18+,22+,23+/m0/s1. The van der Waals surface area contributed by atoms with E-state index in [1.165, 1.54) is 29.2 Å². The average molecular weight is 515 g/mol. The zero-order valence-corrected chi connectivity index (χ0v) is 22.4. The van der Waals surface area contributed by atoms with E-state index in [-0.39, 0.29) is 54.5 Å². The van der Waals surface area contributed by atoms with Gasteiger partial charge in [-0.2, -0.15) is 0 Å². The molecule has 1 aromatic rings. The molecular weight excluding hydrogens is 480 g/mol. The molecule has 0 aromatic heterocycles. The highest BCUT2D eigenvalue weighted by molar-refractivity contribution is 6.73. The van der Waals surface area contributed by atoms with Crippen LogP contribution in [0.25, 0.3) is 0 Å². The molecule has 10 heteroatoms. The van der Waals surface area contributed by atoms with Gasteiger partial charge in [-0.05, 0) is 42.8 Å². The Balaban J connectivity index is 1.81. The number of nitro groups is 1. The minimum Gasteiger partial charge on any atom is -0.456 e. The van der Waals surface area contributed by atoms with Crippen molar-refractivity contribution in [1.29, 1.82) is 0 Å². The van der Waals surface area contributed by atoms with Crippen LogP contribution >= 0.6 is 0 Å². The second-order valence-electron chi connectivity index (χ2n) is 9.30. The lowest BCUT2D eigenvalue weighted by Crippen LogP contribution is -2.65. The van der Waals surface area contributed by atoms with Crippen molar-refractivity contribution in [1.82, 2.24) is 4.90 Å². The van der Waals surface area contributed by atoms with E-state index in [0.717, 1.165) is 18.1 Å². The molecule has 0 saturated carbocycles. The number of aliphatic hydroxyl groups excluding tert-OH is 1. The van der Waals surface area contributed by atoms with Crippen LogP contribution in [0.2, 0.25) is 18.1 Å². The average Bonchev–Trinajstić information content (AvgIpc) is 3.12. The summed E-state index contributed by atoms with van der Waals surface area (Å²) in [5.41, 5.74) is 1.09. The van der Waals surface area contributed by atoms with Crippen LogP contribution < -0.4 is 0 Å². The fraction of sp³-hybridized carbons (Fsp3) is 0.538. The number of ether oxygens (including phenoxy) is 1. The van der Waals surface area contributed by atoms with Gasteiger partial charge in [-0.15, -0.1) is 0 Å². The number of carbonyl (C=O) groups is 2. The topological polar surface area (TPSA) is 119 Å². The Hall–Kier alpha value is -3.00. The Bertz CT molecular complexity index is 1090. The molecular formula is C26H34N2O7Si. The first-order valence-corrected chi connectivity index (χ1v) is 14.9. The van der Waals surface area contributed by atoms with Gasteiger partial charge in [0.2, 0.25) is 5.91 Å². The predicted octanol–water partition coefficient (Wildman–Crippen LogP) is 3.77. The molecule has 0 aliphatic carbocycles. The lowest BCUT2D eigenvalue weighted by atomic mass is 9.78. The smallest absolute Gasteiger partial charge is 0.356 e. The van der Waals surface area contributed by atoms with E-state index in [4.69, 9.17) is 9.16 Å². The number of amides is 1. The Labute approximate surface area is 212 Å². The van der Waals surface area contributed by atoms with Gasteiger partial charge in [0, 0.05) is 23.6 Å². The lowest BCUT2D eigenvalue weighted by Gasteiger charge is -2.49. The number of nitrogens with zero attached hydrogens (tertiary/aromatic N) is 2. The first-order chi connectivity index (χ1) is 17.1. The summed E-state index contributed by atoms with van der Waals surface area (Å²) in [7, 11) is -1.94. The Morgan fingerprint density at radius 2 is 1.83 bits per heavy atom. The fourth-order valence-corrected chi connectivity index (χ4v) is 8.17. The molecule has 2 heterocycles. The lowest BCUT2D eigenvalue weighted by molar-refractivity contribution is -0.384. The van der Waals surface area contributed by atoms with E-state index in [1.54, 1.807) is 0 Å². The Kier molecular flexibility index (Phi) is 8.71. The number of non-ortho nitro benzene ring substituents is 1. The molecule has 0 unspecified atom stereocenters. The van der Waals surface area contributed by atoms with Crippen LogP contribution in [0.3, 0.4) is 0 Å². The van der Waals surface area contributed by atoms with Crippen LogP contribution in [-0.2, 0) is 25.4 Å². The van der Waals surface area contributed by atoms with E-state index < -0.39 is 19.2 Å². The molecule has 0 radical (unpaired) electrons. The predicted molar refractivity (Wildman–Crippen MR) is 136 cm³/mol. The number of β-lactam (4-membered cyclic amide) rings is 1. The number of benzene rings is 1. The van der Waals surface area contributed by atoms with Gasteiger partial charge in [0.1, 0.15) is 18.9 Å². The molecule has 0 spiro atoms. The SMILES string of the molecule is CC[Si](CC)(CC)O[C@H](C)[C@H]1C(=O)N2C(C(=O)OCc3ccc([N+](=O)[O-])cc3)=C(C#CCO)[C@H](C)[C@H]12. The molecule has 1 amide bonds. The van der Waals surface area contributed by atoms with Crippen LogP contribution in [0, 0.1) is 33.8 Å². The molecule has 1 N–H and O–H groups in total. The number of rotatable bonds is 10. The molecule has 1 aromatic carbocycles. The number of hydrogen-bond acceptors (Lipinski definition) is 7. The minimum atomic E-state index is -1.94. The maximum absolute atomic E-state index is 13.3. The van der Waals surface area contributed by atoms with Gasteiger partial charge in [-0.1, -0.05) is 39.5 Å². The largest absolute Gasteiger partial charge is 0.456 e. The number of fused-ring (bicyclic) bond motifs is 1. The fourth-order valence-electron chi connectivity index (χ4n) is 5.24. The minimum absolute atomic E-state index is 0.0586. The highest BCUT2D eigenvalue weighted by atomic mass is 28.4. The molecule has 3 rings (SSSR count). The van der Waals surface area contributed by atoms with Crippen molar-refractivity contribution in [2.75, 3.05) is 6.61 Å². The molecule has 2 aliphatic heterocycles. The zero-order valence-electron chi connectivity index (χ0n) is 21.4. The monoisotopic (exact) mass is 514 g/mol. The normalized spacial score (nSPS) is 21.9. The molecule has 194 valence electrons. The number of hydrogen-bond donors (Lipinski definition) is 1. The van der Waals surface area contributed by atoms with Crippen molar-refractivity contribution in [3.8, 4) is 11.8 Å². The van der Waals surface area contributed by atoms with E-state index in [9.17, 15) is 24.8 Å². The van der Waals surface area contributed by atoms with Gasteiger partial charge in [-0.25, -0.2) is 4.79 Å². The van der Waals surface area contributed by atoms with E-state index in [1.807, 2.05) is 13.8 Å². The first kappa shape index (κ1) is 27.6. The third-order valence-corrected chi connectivity index (χ3v) is 12.3. The highest BCUT2D eigenvalue weighted by Crippen LogP contribution is 2.48. The third-order valence-electron chi connectivity index (χ3n) is 7.54. The van der Waals surface area contributed by atoms with Crippen molar-refractivity contribution in [3.05, 3.63) is 51.2 Å². The van der Waals surface area contributed by atoms with Crippen LogP contribution in [0.1, 0.15) is 40.2 Å². The maximum atomic E-state index is 13.3. The van der Waals surface area contributed by atoms with Crippen molar-refractivity contribution in [3.63, 3.8) is 0 Å². The molecule has 1 saturated heterocycles. The van der Waals surface area contributed by atoms with Gasteiger partial charge in [0.15, 0.2) is 8.32 Å². The van der Waals surface area contributed by atoms with Crippen LogP contribution in [0.4, 0.5) is 5.69 Å². The number of esters is 1. The summed E-state index contributed by atoms with van der Waals surface area (Å²) >= 11 is 0. The van der Waals surface area contributed by atoms with Gasteiger partial charge in [0.25, 0.3) is 5.69 Å². The summed E-state index contributed by atoms with van der Waals surface area (Å²) < 4.78 is 12.1. The summed E-state index contributed by atoms with van der Waals surface area (Å²) in [6.45, 7) is 9.81. The number of carbonyl (C=O) groups excluding carboxylic acids is 2. The number of aliphatic hydroxyl groups is 1. The molecule has 36 heavy (non-hydrogen) atoms. The van der Waals surface area contributed by atoms with E-state index >= 15 is 0 Å². The third kappa shape index (κ3) is 5.09. The van der Waals surface area contributed by atoms with Crippen LogP contribution in [0.15, 0.2) is 35.5 Å². The Morgan fingerprint density at radius 1 is 1.22 bits per heavy atom. The van der Waals surface area contributed by atoms with Gasteiger partial charge in [0.05, 0.1) is 23.0 Å². The van der Waals surface area contributed by atoms with Gasteiger partial charge < -0.3 is 19.2 Å². The van der Waals surface area contributed by atoms with Crippen molar-refractivity contribution in [2.24, 2.45) is 11.8 Å². The summed E-state index contributed by atoms with van der Waals surface area (Å²) in [6.07, 6.45) is -0.282. The number of nitro benzene ring substituents is 1. The first-order valence-electron chi connectivity index (χ1n) is 12.4. The molecule has 1 fully saturated rings. The maximum Gasteiger partial charge on any atom is 0.356 e. The van der Waals surface area contributed by atoms with Crippen molar-refractivity contribution < 1.29 is 28.8 Å². The molecule has 9 nitrogen and oxygen atoms in total. The van der Waals surface area contributed by atoms with Crippen LogP contribution in [-0.4, -0.2) is 53.9 Å². The summed E-state index contributed by atoms with van der Waals surface area (Å²) in [6, 6.07) is 8.36. The van der Waals surface area contributed by atoms with Gasteiger partial charge >= 0.3 is 5.97 Å². The second kappa shape index (κ2) is 11.4. The molecule has 0 bridgehead atoms. The zero-order chi connectivity index (χ0) is 26.6. The van der Waals surface area contributed by atoms with Crippen molar-refractivity contribution >= 4 is 25.9 Å². The quantitative estimate of drug-likeness (QED) is 0.126. The second-order valence-corrected chi connectivity index (χ2v) is 14.0. The molecule has 4 atom stereocenters. The summed E-state index contributed by atoms with van der Waals surface area (Å²) in [5, 5.41) is 20.1. The van der Waals surface area contributed by atoms with Gasteiger partial charge in [-0.3, -0.25) is 14.9 Å².